The maximum Gasteiger partial charge on any atom is 0.128 e. The van der Waals surface area contributed by atoms with Gasteiger partial charge in [0.2, 0.25) is 0 Å². The fourth-order valence-corrected chi connectivity index (χ4v) is 4.77. The van der Waals surface area contributed by atoms with Gasteiger partial charge in [-0.05, 0) is 43.9 Å². The first kappa shape index (κ1) is 26.1. The highest BCUT2D eigenvalue weighted by Crippen LogP contribution is 2.27. The minimum Gasteiger partial charge on any atom is -0.373 e. The molecule has 1 saturated heterocycles. The Hall–Kier alpha value is -2.52. The number of rotatable bonds is 11. The van der Waals surface area contributed by atoms with Crippen LogP contribution in [0.5, 0.6) is 0 Å². The van der Waals surface area contributed by atoms with E-state index in [0.29, 0.717) is 23.4 Å². The van der Waals surface area contributed by atoms with Gasteiger partial charge < -0.3 is 10.3 Å². The molecule has 0 atom stereocenters. The van der Waals surface area contributed by atoms with Gasteiger partial charge in [-0.3, -0.25) is 15.8 Å². The van der Waals surface area contributed by atoms with Crippen molar-refractivity contribution >= 4 is 23.3 Å². The second kappa shape index (κ2) is 12.3. The summed E-state index contributed by atoms with van der Waals surface area (Å²) in [6.07, 6.45) is 2.04. The van der Waals surface area contributed by atoms with Crippen LogP contribution in [0.4, 0.5) is 10.1 Å². The Kier molecular flexibility index (Phi) is 9.41. The van der Waals surface area contributed by atoms with E-state index >= 15 is 0 Å². The monoisotopic (exact) mass is 484 g/mol. The summed E-state index contributed by atoms with van der Waals surface area (Å²) in [6, 6.07) is 13.7. The average molecular weight is 485 g/mol. The van der Waals surface area contributed by atoms with Crippen molar-refractivity contribution < 1.29 is 4.39 Å². The lowest BCUT2D eigenvalue weighted by Gasteiger charge is -2.37. The second-order valence-electron chi connectivity index (χ2n) is 8.51. The van der Waals surface area contributed by atoms with Gasteiger partial charge in [0.1, 0.15) is 5.82 Å². The summed E-state index contributed by atoms with van der Waals surface area (Å²) in [5.41, 5.74) is 7.66. The van der Waals surface area contributed by atoms with E-state index in [-0.39, 0.29) is 5.82 Å². The summed E-state index contributed by atoms with van der Waals surface area (Å²) in [5.74, 6) is 5.15. The highest BCUT2D eigenvalue weighted by molar-refractivity contribution is 7.96. The first-order valence-corrected chi connectivity index (χ1v) is 12.8. The molecule has 2 aromatic carbocycles. The normalized spacial score (nSPS) is 14.4. The van der Waals surface area contributed by atoms with E-state index < -0.39 is 0 Å². The molecular weight excluding hydrogens is 447 g/mol. The molecule has 6 nitrogen and oxygen atoms in total. The van der Waals surface area contributed by atoms with Crippen LogP contribution in [0.1, 0.15) is 30.5 Å². The molecular formula is C26H37FN6S. The molecule has 0 aliphatic carbocycles. The maximum absolute atomic E-state index is 15.0. The number of anilines is 1. The van der Waals surface area contributed by atoms with Crippen LogP contribution < -0.4 is 16.3 Å². The molecule has 2 aromatic rings. The van der Waals surface area contributed by atoms with E-state index in [1.807, 2.05) is 12.3 Å². The van der Waals surface area contributed by atoms with Gasteiger partial charge in [0, 0.05) is 61.8 Å². The van der Waals surface area contributed by atoms with E-state index in [4.69, 9.17) is 5.84 Å². The smallest absolute Gasteiger partial charge is 0.128 e. The summed E-state index contributed by atoms with van der Waals surface area (Å²) < 4.78 is 17.1. The van der Waals surface area contributed by atoms with Crippen LogP contribution in [-0.4, -0.2) is 53.2 Å². The van der Waals surface area contributed by atoms with Gasteiger partial charge in [0.25, 0.3) is 0 Å². The van der Waals surface area contributed by atoms with Gasteiger partial charge in [0.05, 0.1) is 12.2 Å². The zero-order chi connectivity index (χ0) is 24.7. The lowest BCUT2D eigenvalue weighted by molar-refractivity contribution is 0.153. The molecule has 0 bridgehead atoms. The van der Waals surface area contributed by atoms with E-state index in [2.05, 4.69) is 75.9 Å². The maximum atomic E-state index is 15.0. The third-order valence-corrected chi connectivity index (χ3v) is 7.05. The lowest BCUT2D eigenvalue weighted by atomic mass is 10.1. The molecule has 184 valence electrons. The zero-order valence-electron chi connectivity index (χ0n) is 20.6. The largest absolute Gasteiger partial charge is 0.373 e. The van der Waals surface area contributed by atoms with E-state index in [0.717, 1.165) is 50.7 Å². The predicted octanol–water partition coefficient (Wildman–Crippen LogP) is 4.43. The van der Waals surface area contributed by atoms with E-state index in [9.17, 15) is 4.39 Å². The first-order valence-electron chi connectivity index (χ1n) is 11.6. The molecule has 1 heterocycles. The molecule has 0 aromatic heterocycles. The van der Waals surface area contributed by atoms with Crippen molar-refractivity contribution in [3.63, 3.8) is 0 Å². The molecule has 3 N–H and O–H groups in total. The zero-order valence-corrected chi connectivity index (χ0v) is 21.4. The fourth-order valence-electron chi connectivity index (χ4n) is 4.17. The SMILES string of the molecule is C=C(NN)c1ccc(CN(c2cccc(CN3CCN(C(=C)C)CC3)c2)N(CC)SC)c(F)c1. The van der Waals surface area contributed by atoms with Crippen LogP contribution in [0, 0.1) is 5.82 Å². The standard InChI is InChI=1S/C26H37FN6S/c1-6-33(34-5)32(19-24-11-10-23(17-26(24)27)21(4)29-28)25-9-7-8-22(16-25)18-30-12-14-31(15-13-30)20(2)3/h7-11,16-17,29H,2,4,6,12-15,18-19,28H2,1,3,5H3. The molecule has 0 radical (unpaired) electrons. The molecule has 1 aliphatic rings. The van der Waals surface area contributed by atoms with E-state index in [1.165, 1.54) is 11.6 Å². The number of nitrogens with zero attached hydrogens (tertiary/aromatic N) is 4. The molecule has 34 heavy (non-hydrogen) atoms. The second-order valence-corrected chi connectivity index (χ2v) is 9.29. The van der Waals surface area contributed by atoms with Crippen LogP contribution in [0.15, 0.2) is 61.3 Å². The van der Waals surface area contributed by atoms with Crippen LogP contribution in [-0.2, 0) is 13.1 Å². The molecule has 0 amide bonds. The highest BCUT2D eigenvalue weighted by Gasteiger charge is 2.20. The molecule has 0 saturated carbocycles. The number of benzene rings is 2. The van der Waals surface area contributed by atoms with Crippen LogP contribution >= 0.6 is 11.9 Å². The van der Waals surface area contributed by atoms with Gasteiger partial charge >= 0.3 is 0 Å². The third-order valence-electron chi connectivity index (χ3n) is 6.17. The Morgan fingerprint density at radius 1 is 1.15 bits per heavy atom. The minimum atomic E-state index is -0.275. The number of nitrogens with one attached hydrogen (secondary N) is 1. The molecule has 8 heteroatoms. The summed E-state index contributed by atoms with van der Waals surface area (Å²) in [5, 5.41) is 2.14. The number of hydrogen-bond donors (Lipinski definition) is 2. The van der Waals surface area contributed by atoms with Gasteiger partial charge in [-0.1, -0.05) is 49.4 Å². The molecule has 0 spiro atoms. The van der Waals surface area contributed by atoms with Crippen molar-refractivity contribution in [2.24, 2.45) is 5.84 Å². The number of halogens is 1. The van der Waals surface area contributed by atoms with Gasteiger partial charge in [-0.2, -0.15) is 4.41 Å². The Morgan fingerprint density at radius 2 is 1.88 bits per heavy atom. The molecule has 0 unspecified atom stereocenters. The predicted molar refractivity (Wildman–Crippen MR) is 143 cm³/mol. The summed E-state index contributed by atoms with van der Waals surface area (Å²) in [7, 11) is 0. The Balaban J connectivity index is 1.79. The number of nitrogens with two attached hydrogens (primary N) is 1. The van der Waals surface area contributed by atoms with Crippen molar-refractivity contribution in [3.8, 4) is 0 Å². The first-order chi connectivity index (χ1) is 16.4. The van der Waals surface area contributed by atoms with Crippen molar-refractivity contribution in [2.45, 2.75) is 26.9 Å². The van der Waals surface area contributed by atoms with Gasteiger partial charge in [-0.15, -0.1) is 0 Å². The number of allylic oxidation sites excluding steroid dienone is 1. The van der Waals surface area contributed by atoms with Gasteiger partial charge in [-0.25, -0.2) is 4.39 Å². The van der Waals surface area contributed by atoms with Crippen molar-refractivity contribution in [1.29, 1.82) is 0 Å². The van der Waals surface area contributed by atoms with Gasteiger partial charge in [0.15, 0.2) is 0 Å². The minimum absolute atomic E-state index is 0.275. The third kappa shape index (κ3) is 6.54. The number of hydrogen-bond acceptors (Lipinski definition) is 7. The summed E-state index contributed by atoms with van der Waals surface area (Å²) in [6.45, 7) is 18.2. The van der Waals surface area contributed by atoms with Crippen LogP contribution in [0.25, 0.3) is 5.70 Å². The molecule has 3 rings (SSSR count). The summed E-state index contributed by atoms with van der Waals surface area (Å²) >= 11 is 1.63. The molecule has 1 aliphatic heterocycles. The average Bonchev–Trinajstić information content (AvgIpc) is 2.85. The quantitative estimate of drug-likeness (QED) is 0.278. The Morgan fingerprint density at radius 3 is 2.47 bits per heavy atom. The highest BCUT2D eigenvalue weighted by atomic mass is 32.2. The number of hydrazine groups is 2. The lowest BCUT2D eigenvalue weighted by Crippen LogP contribution is -2.44. The van der Waals surface area contributed by atoms with Crippen LogP contribution in [0.2, 0.25) is 0 Å². The summed E-state index contributed by atoms with van der Waals surface area (Å²) in [4.78, 5) is 4.82. The Bertz CT molecular complexity index is 985. The number of piperazine rings is 1. The van der Waals surface area contributed by atoms with Crippen molar-refractivity contribution in [2.75, 3.05) is 44.0 Å². The Labute approximate surface area is 208 Å². The van der Waals surface area contributed by atoms with Crippen molar-refractivity contribution in [1.82, 2.24) is 19.6 Å². The van der Waals surface area contributed by atoms with E-state index in [1.54, 1.807) is 18.0 Å². The topological polar surface area (TPSA) is 51.0 Å². The molecule has 1 fully saturated rings. The van der Waals surface area contributed by atoms with Crippen LogP contribution in [0.3, 0.4) is 0 Å². The van der Waals surface area contributed by atoms with Crippen molar-refractivity contribution in [3.05, 3.63) is 83.8 Å². The fraction of sp³-hybridized carbons (Fsp3) is 0.385.